The van der Waals surface area contributed by atoms with Gasteiger partial charge in [0.1, 0.15) is 5.75 Å². The van der Waals surface area contributed by atoms with Crippen molar-refractivity contribution in [2.75, 3.05) is 12.8 Å². The maximum atomic E-state index is 13.1. The molecular weight excluding hydrogens is 249 g/mol. The number of aromatic nitrogens is 4. The van der Waals surface area contributed by atoms with E-state index in [2.05, 4.69) is 20.2 Å². The summed E-state index contributed by atoms with van der Waals surface area (Å²) in [5.41, 5.74) is 7.21. The Morgan fingerprint density at radius 3 is 2.84 bits per heavy atom. The number of nitrogens with two attached hydrogens (primary N) is 1. The summed E-state index contributed by atoms with van der Waals surface area (Å²) in [6, 6.07) is 3.23. The van der Waals surface area contributed by atoms with Crippen molar-refractivity contribution in [3.8, 4) is 17.1 Å². The molecule has 3 rings (SSSR count). The average molecular weight is 259 g/mol. The standard InChI is InChI=1S/C12H10FN5O/c1-19-6-2-7-11(17-18-12(7)16-4-6)10-3-9(14)8(13)5-15-10/h2-5H,1H3,(H2,14,15)(H,16,17,18). The smallest absolute Gasteiger partial charge is 0.181 e. The van der Waals surface area contributed by atoms with E-state index in [4.69, 9.17) is 10.5 Å². The van der Waals surface area contributed by atoms with Gasteiger partial charge >= 0.3 is 0 Å². The molecule has 0 unspecified atom stereocenters. The summed E-state index contributed by atoms with van der Waals surface area (Å²) >= 11 is 0. The van der Waals surface area contributed by atoms with Crippen LogP contribution in [0.5, 0.6) is 5.75 Å². The van der Waals surface area contributed by atoms with Crippen molar-refractivity contribution in [3.05, 3.63) is 30.3 Å². The van der Waals surface area contributed by atoms with Gasteiger partial charge < -0.3 is 10.5 Å². The van der Waals surface area contributed by atoms with Crippen LogP contribution >= 0.6 is 0 Å². The molecule has 3 aromatic heterocycles. The van der Waals surface area contributed by atoms with Gasteiger partial charge in [0.15, 0.2) is 11.5 Å². The average Bonchev–Trinajstić information content (AvgIpc) is 2.84. The number of rotatable bonds is 2. The van der Waals surface area contributed by atoms with E-state index in [1.54, 1.807) is 19.4 Å². The zero-order valence-electron chi connectivity index (χ0n) is 10.0. The highest BCUT2D eigenvalue weighted by atomic mass is 19.1. The number of nitrogens with one attached hydrogen (secondary N) is 1. The van der Waals surface area contributed by atoms with Crippen LogP contribution in [0.2, 0.25) is 0 Å². The second-order valence-corrected chi connectivity index (χ2v) is 3.94. The predicted molar refractivity (Wildman–Crippen MR) is 68.0 cm³/mol. The number of aromatic amines is 1. The highest BCUT2D eigenvalue weighted by Crippen LogP contribution is 2.27. The van der Waals surface area contributed by atoms with Crippen molar-refractivity contribution >= 4 is 16.7 Å². The molecule has 0 aliphatic carbocycles. The SMILES string of the molecule is COc1cnc2n[nH]c(-c3cc(N)c(F)cn3)c2c1. The topological polar surface area (TPSA) is 89.7 Å². The minimum atomic E-state index is -0.553. The summed E-state index contributed by atoms with van der Waals surface area (Å²) in [6.45, 7) is 0. The summed E-state index contributed by atoms with van der Waals surface area (Å²) in [5.74, 6) is 0.0495. The van der Waals surface area contributed by atoms with E-state index in [0.29, 0.717) is 22.8 Å². The summed E-state index contributed by atoms with van der Waals surface area (Å²) in [4.78, 5) is 8.13. The van der Waals surface area contributed by atoms with E-state index in [9.17, 15) is 4.39 Å². The molecule has 0 aliphatic rings. The van der Waals surface area contributed by atoms with Crippen LogP contribution in [-0.4, -0.2) is 27.3 Å². The number of H-pyrrole nitrogens is 1. The van der Waals surface area contributed by atoms with E-state index in [1.807, 2.05) is 0 Å². The Bertz CT molecular complexity index is 755. The molecule has 0 atom stereocenters. The van der Waals surface area contributed by atoms with E-state index < -0.39 is 5.82 Å². The first-order valence-electron chi connectivity index (χ1n) is 5.48. The van der Waals surface area contributed by atoms with Gasteiger partial charge in [0, 0.05) is 0 Å². The second-order valence-electron chi connectivity index (χ2n) is 3.94. The first-order valence-corrected chi connectivity index (χ1v) is 5.48. The molecule has 0 spiro atoms. The van der Waals surface area contributed by atoms with E-state index in [0.717, 1.165) is 11.6 Å². The normalized spacial score (nSPS) is 10.8. The quantitative estimate of drug-likeness (QED) is 0.731. The Labute approximate surface area is 107 Å². The van der Waals surface area contributed by atoms with Gasteiger partial charge in [-0.25, -0.2) is 9.37 Å². The molecule has 0 bridgehead atoms. The van der Waals surface area contributed by atoms with Crippen molar-refractivity contribution in [1.82, 2.24) is 20.2 Å². The Hall–Kier alpha value is -2.70. The molecule has 0 aliphatic heterocycles. The lowest BCUT2D eigenvalue weighted by molar-refractivity contribution is 0.414. The van der Waals surface area contributed by atoms with E-state index in [-0.39, 0.29) is 5.69 Å². The lowest BCUT2D eigenvalue weighted by Crippen LogP contribution is -1.94. The summed E-state index contributed by atoms with van der Waals surface area (Å²) in [7, 11) is 1.55. The Morgan fingerprint density at radius 1 is 1.26 bits per heavy atom. The molecule has 3 N–H and O–H groups in total. The van der Waals surface area contributed by atoms with E-state index in [1.165, 1.54) is 6.07 Å². The molecule has 3 heterocycles. The summed E-state index contributed by atoms with van der Waals surface area (Å²) < 4.78 is 18.2. The Kier molecular flexibility index (Phi) is 2.52. The molecule has 0 aromatic carbocycles. The Balaban J connectivity index is 2.21. The monoisotopic (exact) mass is 259 g/mol. The fourth-order valence-electron chi connectivity index (χ4n) is 1.78. The summed E-state index contributed by atoms with van der Waals surface area (Å²) in [6.07, 6.45) is 2.64. The lowest BCUT2D eigenvalue weighted by atomic mass is 10.2. The first-order chi connectivity index (χ1) is 9.19. The molecule has 3 aromatic rings. The zero-order chi connectivity index (χ0) is 13.4. The zero-order valence-corrected chi connectivity index (χ0v) is 10.0. The van der Waals surface area contributed by atoms with Crippen LogP contribution in [0.4, 0.5) is 10.1 Å². The third-order valence-corrected chi connectivity index (χ3v) is 2.76. The van der Waals surface area contributed by atoms with Crippen LogP contribution in [0.15, 0.2) is 24.5 Å². The van der Waals surface area contributed by atoms with Gasteiger partial charge in [0.05, 0.1) is 42.0 Å². The van der Waals surface area contributed by atoms with Crippen molar-refractivity contribution in [3.63, 3.8) is 0 Å². The number of nitrogen functional groups attached to an aromatic ring is 1. The van der Waals surface area contributed by atoms with Crippen LogP contribution in [0.25, 0.3) is 22.4 Å². The Morgan fingerprint density at radius 2 is 2.11 bits per heavy atom. The number of hydrogen-bond acceptors (Lipinski definition) is 5. The number of fused-ring (bicyclic) bond motifs is 1. The fourth-order valence-corrected chi connectivity index (χ4v) is 1.78. The maximum absolute atomic E-state index is 13.1. The summed E-state index contributed by atoms with van der Waals surface area (Å²) in [5, 5.41) is 7.61. The van der Waals surface area contributed by atoms with Gasteiger partial charge in [-0.3, -0.25) is 10.1 Å². The third-order valence-electron chi connectivity index (χ3n) is 2.76. The molecule has 7 heteroatoms. The number of anilines is 1. The van der Waals surface area contributed by atoms with Gasteiger partial charge in [-0.15, -0.1) is 0 Å². The lowest BCUT2D eigenvalue weighted by Gasteiger charge is -2.02. The van der Waals surface area contributed by atoms with Crippen LogP contribution in [0, 0.1) is 5.82 Å². The molecular formula is C12H10FN5O. The highest BCUT2D eigenvalue weighted by Gasteiger charge is 2.12. The molecule has 0 radical (unpaired) electrons. The van der Waals surface area contributed by atoms with Gasteiger partial charge in [-0.2, -0.15) is 5.10 Å². The molecule has 6 nitrogen and oxygen atoms in total. The number of ether oxygens (including phenoxy) is 1. The van der Waals surface area contributed by atoms with Crippen molar-refractivity contribution < 1.29 is 9.13 Å². The number of halogens is 1. The largest absolute Gasteiger partial charge is 0.495 e. The van der Waals surface area contributed by atoms with Crippen LogP contribution in [-0.2, 0) is 0 Å². The fraction of sp³-hybridized carbons (Fsp3) is 0.0833. The number of methoxy groups -OCH3 is 1. The molecule has 0 fully saturated rings. The molecule has 19 heavy (non-hydrogen) atoms. The predicted octanol–water partition coefficient (Wildman–Crippen LogP) is 1.75. The molecule has 0 saturated carbocycles. The minimum Gasteiger partial charge on any atom is -0.495 e. The highest BCUT2D eigenvalue weighted by molar-refractivity contribution is 5.90. The maximum Gasteiger partial charge on any atom is 0.181 e. The molecule has 0 amide bonds. The third kappa shape index (κ3) is 1.85. The van der Waals surface area contributed by atoms with Gasteiger partial charge in [0.2, 0.25) is 0 Å². The van der Waals surface area contributed by atoms with Crippen LogP contribution in [0.3, 0.4) is 0 Å². The van der Waals surface area contributed by atoms with Crippen LogP contribution in [0.1, 0.15) is 0 Å². The number of hydrogen-bond donors (Lipinski definition) is 2. The minimum absolute atomic E-state index is 0.0311. The first kappa shape index (κ1) is 11.4. The van der Waals surface area contributed by atoms with Crippen molar-refractivity contribution in [2.45, 2.75) is 0 Å². The van der Waals surface area contributed by atoms with Crippen molar-refractivity contribution in [1.29, 1.82) is 0 Å². The van der Waals surface area contributed by atoms with Crippen molar-refractivity contribution in [2.24, 2.45) is 0 Å². The molecule has 96 valence electrons. The molecule has 0 saturated heterocycles. The van der Waals surface area contributed by atoms with Crippen LogP contribution < -0.4 is 10.5 Å². The number of pyridine rings is 2. The van der Waals surface area contributed by atoms with Gasteiger partial charge in [-0.05, 0) is 12.1 Å². The van der Waals surface area contributed by atoms with Gasteiger partial charge in [0.25, 0.3) is 0 Å². The van der Waals surface area contributed by atoms with E-state index >= 15 is 0 Å². The van der Waals surface area contributed by atoms with Gasteiger partial charge in [-0.1, -0.05) is 0 Å². The second kappa shape index (κ2) is 4.20. The number of nitrogens with zero attached hydrogens (tertiary/aromatic N) is 3.